The van der Waals surface area contributed by atoms with Crippen LogP contribution in [-0.4, -0.2) is 20.3 Å². The second-order valence-corrected chi connectivity index (χ2v) is 4.08. The minimum atomic E-state index is 0.0228. The van der Waals surface area contributed by atoms with Crippen LogP contribution in [0, 0.1) is 17.2 Å². The molecule has 0 bridgehead atoms. The fourth-order valence-corrected chi connectivity index (χ4v) is 1.58. The Morgan fingerprint density at radius 1 is 1.39 bits per heavy atom. The summed E-state index contributed by atoms with van der Waals surface area (Å²) < 4.78 is 10.7. The summed E-state index contributed by atoms with van der Waals surface area (Å²) in [6.07, 6.45) is 0. The Morgan fingerprint density at radius 3 is 2.78 bits per heavy atom. The molecule has 0 spiro atoms. The van der Waals surface area contributed by atoms with Crippen LogP contribution in [0.4, 0.5) is 0 Å². The summed E-state index contributed by atoms with van der Waals surface area (Å²) in [5, 5.41) is 11.9. The summed E-state index contributed by atoms with van der Waals surface area (Å²) in [5.41, 5.74) is 1.11. The van der Waals surface area contributed by atoms with Crippen LogP contribution in [0.1, 0.15) is 19.4 Å². The average Bonchev–Trinajstić information content (AvgIpc) is 2.40. The van der Waals surface area contributed by atoms with E-state index in [1.165, 1.54) is 0 Å². The molecule has 4 nitrogen and oxygen atoms in total. The molecule has 1 rings (SSSR count). The van der Waals surface area contributed by atoms with Gasteiger partial charge in [0.05, 0.1) is 25.7 Å². The standard InChI is InChI=1S/C14H20N2O2/c1-4-18-13-6-5-12(7-14(13)17-3)10-16-9-11(2)8-15/h5-7,11,16H,4,9-10H2,1-3H3. The number of methoxy groups -OCH3 is 1. The fourth-order valence-electron chi connectivity index (χ4n) is 1.58. The first-order valence-electron chi connectivity index (χ1n) is 6.11. The highest BCUT2D eigenvalue weighted by Gasteiger charge is 2.05. The minimum Gasteiger partial charge on any atom is -0.493 e. The number of nitrogens with zero attached hydrogens (tertiary/aromatic N) is 1. The molecule has 0 fully saturated rings. The van der Waals surface area contributed by atoms with E-state index in [1.807, 2.05) is 32.0 Å². The van der Waals surface area contributed by atoms with Gasteiger partial charge < -0.3 is 14.8 Å². The maximum atomic E-state index is 8.68. The van der Waals surface area contributed by atoms with Crippen molar-refractivity contribution in [2.24, 2.45) is 5.92 Å². The lowest BCUT2D eigenvalue weighted by molar-refractivity contribution is 0.310. The van der Waals surface area contributed by atoms with Crippen LogP contribution in [0.15, 0.2) is 18.2 Å². The Morgan fingerprint density at radius 2 is 2.17 bits per heavy atom. The molecule has 18 heavy (non-hydrogen) atoms. The quantitative estimate of drug-likeness (QED) is 0.804. The molecule has 0 aromatic heterocycles. The van der Waals surface area contributed by atoms with E-state index >= 15 is 0 Å². The number of hydrogen-bond donors (Lipinski definition) is 1. The molecule has 1 aromatic rings. The molecule has 0 amide bonds. The van der Waals surface area contributed by atoms with Crippen LogP contribution < -0.4 is 14.8 Å². The van der Waals surface area contributed by atoms with Crippen molar-refractivity contribution in [3.05, 3.63) is 23.8 Å². The Bertz CT molecular complexity index is 413. The van der Waals surface area contributed by atoms with Crippen molar-refractivity contribution in [1.82, 2.24) is 5.32 Å². The summed E-state index contributed by atoms with van der Waals surface area (Å²) in [7, 11) is 1.63. The van der Waals surface area contributed by atoms with Gasteiger partial charge in [-0.25, -0.2) is 0 Å². The molecule has 0 saturated carbocycles. The van der Waals surface area contributed by atoms with Crippen LogP contribution in [0.3, 0.4) is 0 Å². The third-order valence-corrected chi connectivity index (χ3v) is 2.53. The monoisotopic (exact) mass is 248 g/mol. The summed E-state index contributed by atoms with van der Waals surface area (Å²) >= 11 is 0. The molecule has 0 saturated heterocycles. The Hall–Kier alpha value is -1.73. The predicted octanol–water partition coefficient (Wildman–Crippen LogP) is 2.34. The van der Waals surface area contributed by atoms with Gasteiger partial charge in [0.2, 0.25) is 0 Å². The number of ether oxygens (including phenoxy) is 2. The van der Waals surface area contributed by atoms with Crippen molar-refractivity contribution < 1.29 is 9.47 Å². The van der Waals surface area contributed by atoms with Crippen LogP contribution in [0.2, 0.25) is 0 Å². The van der Waals surface area contributed by atoms with E-state index in [0.29, 0.717) is 13.2 Å². The van der Waals surface area contributed by atoms with Gasteiger partial charge >= 0.3 is 0 Å². The third-order valence-electron chi connectivity index (χ3n) is 2.53. The summed E-state index contributed by atoms with van der Waals surface area (Å²) in [5.74, 6) is 1.52. The average molecular weight is 248 g/mol. The highest BCUT2D eigenvalue weighted by molar-refractivity contribution is 5.42. The third kappa shape index (κ3) is 4.27. The van der Waals surface area contributed by atoms with Crippen LogP contribution >= 0.6 is 0 Å². The van der Waals surface area contributed by atoms with Gasteiger partial charge in [-0.15, -0.1) is 0 Å². The van der Waals surface area contributed by atoms with Gasteiger partial charge in [-0.2, -0.15) is 5.26 Å². The van der Waals surface area contributed by atoms with Crippen molar-refractivity contribution in [1.29, 1.82) is 5.26 Å². The highest BCUT2D eigenvalue weighted by Crippen LogP contribution is 2.27. The second kappa shape index (κ2) is 7.57. The first kappa shape index (κ1) is 14.3. The van der Waals surface area contributed by atoms with Gasteiger partial charge in [0.15, 0.2) is 11.5 Å². The topological polar surface area (TPSA) is 54.3 Å². The SMILES string of the molecule is CCOc1ccc(CNCC(C)C#N)cc1OC. The largest absolute Gasteiger partial charge is 0.493 e. The lowest BCUT2D eigenvalue weighted by Crippen LogP contribution is -2.19. The Kier molecular flexibility index (Phi) is 6.03. The van der Waals surface area contributed by atoms with Gasteiger partial charge in [0.25, 0.3) is 0 Å². The van der Waals surface area contributed by atoms with Crippen molar-refractivity contribution in [3.8, 4) is 17.6 Å². The molecule has 1 aromatic carbocycles. The highest BCUT2D eigenvalue weighted by atomic mass is 16.5. The molecule has 1 atom stereocenters. The predicted molar refractivity (Wildman–Crippen MR) is 70.6 cm³/mol. The summed E-state index contributed by atoms with van der Waals surface area (Å²) in [6.45, 7) is 5.86. The van der Waals surface area contributed by atoms with E-state index in [1.54, 1.807) is 7.11 Å². The van der Waals surface area contributed by atoms with Crippen molar-refractivity contribution >= 4 is 0 Å². The molecular weight excluding hydrogens is 228 g/mol. The molecule has 98 valence electrons. The lowest BCUT2D eigenvalue weighted by atomic mass is 10.1. The van der Waals surface area contributed by atoms with Gasteiger partial charge in [-0.3, -0.25) is 0 Å². The van der Waals surface area contributed by atoms with E-state index in [0.717, 1.165) is 23.6 Å². The van der Waals surface area contributed by atoms with Gasteiger partial charge in [-0.1, -0.05) is 6.07 Å². The van der Waals surface area contributed by atoms with Crippen molar-refractivity contribution in [2.45, 2.75) is 20.4 Å². The lowest BCUT2D eigenvalue weighted by Gasteiger charge is -2.11. The molecule has 1 N–H and O–H groups in total. The van der Waals surface area contributed by atoms with Gasteiger partial charge in [0.1, 0.15) is 0 Å². The molecule has 4 heteroatoms. The minimum absolute atomic E-state index is 0.0228. The van der Waals surface area contributed by atoms with Crippen LogP contribution in [0.25, 0.3) is 0 Å². The number of nitrogens with one attached hydrogen (secondary N) is 1. The van der Waals surface area contributed by atoms with Crippen LogP contribution in [0.5, 0.6) is 11.5 Å². The first-order valence-corrected chi connectivity index (χ1v) is 6.11. The molecule has 0 radical (unpaired) electrons. The van der Waals surface area contributed by atoms with Gasteiger partial charge in [0, 0.05) is 13.1 Å². The summed E-state index contributed by atoms with van der Waals surface area (Å²) in [6, 6.07) is 8.05. The zero-order chi connectivity index (χ0) is 13.4. The van der Waals surface area contributed by atoms with Gasteiger partial charge in [-0.05, 0) is 31.5 Å². The maximum absolute atomic E-state index is 8.68. The van der Waals surface area contributed by atoms with Crippen molar-refractivity contribution in [3.63, 3.8) is 0 Å². The van der Waals surface area contributed by atoms with Crippen LogP contribution in [-0.2, 0) is 6.54 Å². The molecule has 0 aliphatic rings. The van der Waals surface area contributed by atoms with Crippen molar-refractivity contribution in [2.75, 3.05) is 20.3 Å². The van der Waals surface area contributed by atoms with E-state index < -0.39 is 0 Å². The number of rotatable bonds is 7. The molecule has 0 aliphatic carbocycles. The first-order chi connectivity index (χ1) is 8.71. The molecule has 0 heterocycles. The van der Waals surface area contributed by atoms with E-state index in [2.05, 4.69) is 11.4 Å². The molecule has 0 aliphatic heterocycles. The fraction of sp³-hybridized carbons (Fsp3) is 0.500. The van der Waals surface area contributed by atoms with E-state index in [9.17, 15) is 0 Å². The number of nitriles is 1. The zero-order valence-electron chi connectivity index (χ0n) is 11.2. The van der Waals surface area contributed by atoms with E-state index in [-0.39, 0.29) is 5.92 Å². The summed E-state index contributed by atoms with van der Waals surface area (Å²) in [4.78, 5) is 0. The molecular formula is C14H20N2O2. The Balaban J connectivity index is 2.60. The normalized spacial score (nSPS) is 11.7. The van der Waals surface area contributed by atoms with E-state index in [4.69, 9.17) is 14.7 Å². The smallest absolute Gasteiger partial charge is 0.161 e. The number of hydrogen-bond acceptors (Lipinski definition) is 4. The second-order valence-electron chi connectivity index (χ2n) is 4.08. The zero-order valence-corrected chi connectivity index (χ0v) is 11.2. The maximum Gasteiger partial charge on any atom is 0.161 e. The Labute approximate surface area is 109 Å². The molecule has 1 unspecified atom stereocenters. The number of benzene rings is 1.